The van der Waals surface area contributed by atoms with Gasteiger partial charge in [0.2, 0.25) is 0 Å². The molecule has 0 unspecified atom stereocenters. The molecule has 0 fully saturated rings. The molecule has 1 N–H and O–H groups in total. The van der Waals surface area contributed by atoms with Crippen LogP contribution in [0.2, 0.25) is 0 Å². The molecule has 1 nitrogen and oxygen atoms in total. The Morgan fingerprint density at radius 2 is 1.55 bits per heavy atom. The predicted molar refractivity (Wildman–Crippen MR) is 48.3 cm³/mol. The summed E-state index contributed by atoms with van der Waals surface area (Å²) in [5, 5.41) is 8.54. The molecule has 1 heteroatoms. The molecule has 1 aromatic carbocycles. The van der Waals surface area contributed by atoms with Crippen LogP contribution in [-0.4, -0.2) is 5.11 Å². The van der Waals surface area contributed by atoms with Gasteiger partial charge in [-0.25, -0.2) is 0 Å². The monoisotopic (exact) mass is 152 g/mol. The molecule has 11 heavy (non-hydrogen) atoms. The van der Waals surface area contributed by atoms with Gasteiger partial charge in [-0.3, -0.25) is 0 Å². The quantitative estimate of drug-likeness (QED) is 0.655. The second kappa shape index (κ2) is 7.29. The molecule has 0 atom stereocenters. The van der Waals surface area contributed by atoms with Gasteiger partial charge in [0.25, 0.3) is 0 Å². The molecule has 0 aliphatic rings. The lowest BCUT2D eigenvalue weighted by Gasteiger charge is -1.89. The van der Waals surface area contributed by atoms with Gasteiger partial charge in [-0.05, 0) is 5.56 Å². The smallest absolute Gasteiger partial charge is 0.0681 e. The first kappa shape index (κ1) is 10.2. The maximum Gasteiger partial charge on any atom is 0.0681 e. The molecule has 0 aliphatic heterocycles. The van der Waals surface area contributed by atoms with Gasteiger partial charge in [-0.2, -0.15) is 0 Å². The van der Waals surface area contributed by atoms with Crippen molar-refractivity contribution in [2.24, 2.45) is 0 Å². The first-order valence-corrected chi connectivity index (χ1v) is 3.99. The topological polar surface area (TPSA) is 20.2 Å². The zero-order valence-electron chi connectivity index (χ0n) is 7.25. The van der Waals surface area contributed by atoms with Crippen LogP contribution in [0.4, 0.5) is 0 Å². The first-order chi connectivity index (χ1) is 5.35. The number of hydrogen-bond acceptors (Lipinski definition) is 1. The van der Waals surface area contributed by atoms with Gasteiger partial charge in [0.15, 0.2) is 0 Å². The Balaban J connectivity index is 0.000000292. The third kappa shape index (κ3) is 5.62. The molecule has 0 bridgehead atoms. The third-order valence-electron chi connectivity index (χ3n) is 1.03. The maximum atomic E-state index is 8.54. The summed E-state index contributed by atoms with van der Waals surface area (Å²) in [4.78, 5) is 0. The van der Waals surface area contributed by atoms with Crippen molar-refractivity contribution in [2.45, 2.75) is 26.9 Å². The fraction of sp³-hybridized carbons (Fsp3) is 0.400. The SMILES string of the molecule is CCC.OCc1ccccc1. The Kier molecular flexibility index (Phi) is 6.75. The average Bonchev–Trinajstić information content (AvgIpc) is 2.08. The van der Waals surface area contributed by atoms with Crippen molar-refractivity contribution in [2.75, 3.05) is 0 Å². The highest BCUT2D eigenvalue weighted by atomic mass is 16.3. The zero-order chi connectivity index (χ0) is 8.53. The van der Waals surface area contributed by atoms with Crippen molar-refractivity contribution in [3.63, 3.8) is 0 Å². The van der Waals surface area contributed by atoms with Gasteiger partial charge in [0.1, 0.15) is 0 Å². The van der Waals surface area contributed by atoms with E-state index in [4.69, 9.17) is 5.11 Å². The van der Waals surface area contributed by atoms with Crippen LogP contribution >= 0.6 is 0 Å². The van der Waals surface area contributed by atoms with E-state index < -0.39 is 0 Å². The minimum Gasteiger partial charge on any atom is -0.392 e. The lowest BCUT2D eigenvalue weighted by molar-refractivity contribution is 0.282. The van der Waals surface area contributed by atoms with Gasteiger partial charge in [-0.1, -0.05) is 50.6 Å². The molecule has 0 amide bonds. The normalized spacial score (nSPS) is 8.27. The standard InChI is InChI=1S/C7H8O.C3H8/c8-6-7-4-2-1-3-5-7;1-3-2/h1-5,8H,6H2;3H2,1-2H3. The Morgan fingerprint density at radius 1 is 1.09 bits per heavy atom. The van der Waals surface area contributed by atoms with Crippen LogP contribution in [0.3, 0.4) is 0 Å². The highest BCUT2D eigenvalue weighted by molar-refractivity contribution is 5.12. The third-order valence-corrected chi connectivity index (χ3v) is 1.03. The second-order valence-corrected chi connectivity index (χ2v) is 2.35. The lowest BCUT2D eigenvalue weighted by Crippen LogP contribution is -1.77. The summed E-state index contributed by atoms with van der Waals surface area (Å²) in [5.74, 6) is 0. The fourth-order valence-corrected chi connectivity index (χ4v) is 0.583. The van der Waals surface area contributed by atoms with E-state index in [2.05, 4.69) is 13.8 Å². The molecule has 0 saturated heterocycles. The molecular weight excluding hydrogens is 136 g/mol. The highest BCUT2D eigenvalue weighted by Crippen LogP contribution is 1.95. The second-order valence-electron chi connectivity index (χ2n) is 2.35. The highest BCUT2D eigenvalue weighted by Gasteiger charge is 1.81. The molecule has 0 aliphatic carbocycles. The van der Waals surface area contributed by atoms with Crippen LogP contribution < -0.4 is 0 Å². The maximum absolute atomic E-state index is 8.54. The molecule has 0 radical (unpaired) electrons. The van der Waals surface area contributed by atoms with E-state index in [0.717, 1.165) is 5.56 Å². The molecule has 0 saturated carbocycles. The van der Waals surface area contributed by atoms with Crippen molar-refractivity contribution in [3.05, 3.63) is 35.9 Å². The minimum atomic E-state index is 0.140. The fourth-order valence-electron chi connectivity index (χ4n) is 0.583. The van der Waals surface area contributed by atoms with Crippen LogP contribution in [0, 0.1) is 0 Å². The Bertz CT molecular complexity index is 158. The summed E-state index contributed by atoms with van der Waals surface area (Å²) in [6, 6.07) is 9.52. The summed E-state index contributed by atoms with van der Waals surface area (Å²) in [6.45, 7) is 4.39. The summed E-state index contributed by atoms with van der Waals surface area (Å²) >= 11 is 0. The van der Waals surface area contributed by atoms with Crippen LogP contribution in [-0.2, 0) is 6.61 Å². The summed E-state index contributed by atoms with van der Waals surface area (Å²) in [7, 11) is 0. The van der Waals surface area contributed by atoms with Crippen LogP contribution in [0.15, 0.2) is 30.3 Å². The van der Waals surface area contributed by atoms with Crippen molar-refractivity contribution in [1.29, 1.82) is 0 Å². The van der Waals surface area contributed by atoms with E-state index >= 15 is 0 Å². The Morgan fingerprint density at radius 3 is 1.82 bits per heavy atom. The largest absolute Gasteiger partial charge is 0.392 e. The van der Waals surface area contributed by atoms with Crippen LogP contribution in [0.25, 0.3) is 0 Å². The van der Waals surface area contributed by atoms with Crippen LogP contribution in [0.5, 0.6) is 0 Å². The summed E-state index contributed by atoms with van der Waals surface area (Å²) < 4.78 is 0. The Hall–Kier alpha value is -0.820. The molecule has 0 heterocycles. The van der Waals surface area contributed by atoms with E-state index in [-0.39, 0.29) is 6.61 Å². The molecule has 0 aromatic heterocycles. The van der Waals surface area contributed by atoms with Crippen molar-refractivity contribution in [1.82, 2.24) is 0 Å². The number of aliphatic hydroxyl groups excluding tert-OH is 1. The van der Waals surface area contributed by atoms with Gasteiger partial charge in [0.05, 0.1) is 6.61 Å². The molecular formula is C10H16O. The van der Waals surface area contributed by atoms with Gasteiger partial charge in [0, 0.05) is 0 Å². The number of rotatable bonds is 1. The van der Waals surface area contributed by atoms with Crippen molar-refractivity contribution in [3.8, 4) is 0 Å². The molecule has 1 aromatic rings. The van der Waals surface area contributed by atoms with E-state index in [1.807, 2.05) is 30.3 Å². The summed E-state index contributed by atoms with van der Waals surface area (Å²) in [6.07, 6.45) is 1.25. The molecule has 1 rings (SSSR count). The Labute approximate surface area is 68.7 Å². The van der Waals surface area contributed by atoms with Crippen molar-refractivity contribution < 1.29 is 5.11 Å². The minimum absolute atomic E-state index is 0.140. The summed E-state index contributed by atoms with van der Waals surface area (Å²) in [5.41, 5.74) is 0.965. The van der Waals surface area contributed by atoms with Gasteiger partial charge in [-0.15, -0.1) is 0 Å². The number of hydrogen-bond donors (Lipinski definition) is 1. The van der Waals surface area contributed by atoms with Crippen molar-refractivity contribution >= 4 is 0 Å². The molecule has 62 valence electrons. The van der Waals surface area contributed by atoms with Crippen LogP contribution in [0.1, 0.15) is 25.8 Å². The van der Waals surface area contributed by atoms with E-state index in [1.165, 1.54) is 6.42 Å². The van der Waals surface area contributed by atoms with E-state index in [1.54, 1.807) is 0 Å². The lowest BCUT2D eigenvalue weighted by atomic mass is 10.2. The van der Waals surface area contributed by atoms with Gasteiger partial charge >= 0.3 is 0 Å². The predicted octanol–water partition coefficient (Wildman–Crippen LogP) is 2.60. The van der Waals surface area contributed by atoms with E-state index in [0.29, 0.717) is 0 Å². The number of aliphatic hydroxyl groups is 1. The zero-order valence-corrected chi connectivity index (χ0v) is 7.25. The van der Waals surface area contributed by atoms with Gasteiger partial charge < -0.3 is 5.11 Å². The average molecular weight is 152 g/mol. The first-order valence-electron chi connectivity index (χ1n) is 3.99. The number of benzene rings is 1. The van der Waals surface area contributed by atoms with E-state index in [9.17, 15) is 0 Å². The molecule has 0 spiro atoms.